The van der Waals surface area contributed by atoms with Gasteiger partial charge in [0.2, 0.25) is 11.6 Å². The van der Waals surface area contributed by atoms with Gasteiger partial charge in [-0.2, -0.15) is 9.78 Å². The number of nitrogens with two attached hydrogens (primary N) is 1. The van der Waals surface area contributed by atoms with E-state index in [0.717, 1.165) is 12.0 Å². The first-order chi connectivity index (χ1) is 13.0. The summed E-state index contributed by atoms with van der Waals surface area (Å²) in [4.78, 5) is 12.5. The van der Waals surface area contributed by atoms with Crippen molar-refractivity contribution >= 4 is 17.4 Å². The number of hydrazone groups is 1. The zero-order valence-corrected chi connectivity index (χ0v) is 14.7. The molecule has 2 heterocycles. The van der Waals surface area contributed by atoms with Crippen LogP contribution in [0.5, 0.6) is 5.75 Å². The Kier molecular flexibility index (Phi) is 5.11. The van der Waals surface area contributed by atoms with Crippen LogP contribution in [0.2, 0.25) is 0 Å². The number of hydrogen-bond donors (Lipinski definition) is 3. The summed E-state index contributed by atoms with van der Waals surface area (Å²) in [7, 11) is 0. The number of nitrogen functional groups attached to an aromatic ring is 1. The molecule has 0 aliphatic carbocycles. The van der Waals surface area contributed by atoms with Crippen molar-refractivity contribution in [1.82, 2.24) is 30.7 Å². The van der Waals surface area contributed by atoms with Crippen LogP contribution in [0.25, 0.3) is 5.82 Å². The van der Waals surface area contributed by atoms with E-state index in [1.807, 2.05) is 6.92 Å². The van der Waals surface area contributed by atoms with Gasteiger partial charge in [0, 0.05) is 0 Å². The number of nitrogens with zero attached hydrogens (tertiary/aromatic N) is 6. The monoisotopic (exact) mass is 370 g/mol. The molecule has 0 atom stereocenters. The lowest BCUT2D eigenvalue weighted by Crippen LogP contribution is -2.21. The molecule has 2 aromatic heterocycles. The molecule has 3 rings (SSSR count). The Balaban J connectivity index is 1.84. The Bertz CT molecular complexity index is 974. The van der Waals surface area contributed by atoms with Crippen LogP contribution < -0.4 is 11.2 Å². The summed E-state index contributed by atoms with van der Waals surface area (Å²) < 4.78 is 5.92. The van der Waals surface area contributed by atoms with Crippen molar-refractivity contribution in [3.8, 4) is 11.6 Å². The zero-order valence-electron chi connectivity index (χ0n) is 14.7. The average molecular weight is 370 g/mol. The lowest BCUT2D eigenvalue weighted by Gasteiger charge is -2.05. The van der Waals surface area contributed by atoms with Crippen LogP contribution in [-0.4, -0.2) is 42.0 Å². The SMILES string of the molecule is CCCc1c(C(=O)N/N=C(\C)c2ccc(O)cc2)nnn1-c1nonc1N. The molecular weight excluding hydrogens is 352 g/mol. The van der Waals surface area contributed by atoms with E-state index in [-0.39, 0.29) is 23.1 Å². The van der Waals surface area contributed by atoms with Gasteiger partial charge in [-0.3, -0.25) is 4.79 Å². The van der Waals surface area contributed by atoms with Crippen molar-refractivity contribution in [3.05, 3.63) is 41.2 Å². The summed E-state index contributed by atoms with van der Waals surface area (Å²) in [5.74, 6) is -0.143. The number of anilines is 1. The van der Waals surface area contributed by atoms with Crippen LogP contribution in [-0.2, 0) is 6.42 Å². The quantitative estimate of drug-likeness (QED) is 0.429. The van der Waals surface area contributed by atoms with Gasteiger partial charge in [0.05, 0.1) is 11.4 Å². The second kappa shape index (κ2) is 7.64. The number of carbonyl (C=O) groups excluding carboxylic acids is 1. The Labute approximate surface area is 153 Å². The van der Waals surface area contributed by atoms with Crippen molar-refractivity contribution in [2.75, 3.05) is 5.73 Å². The number of nitrogens with one attached hydrogen (secondary N) is 1. The molecule has 0 saturated heterocycles. The number of benzene rings is 1. The molecule has 3 aromatic rings. The largest absolute Gasteiger partial charge is 0.508 e. The fourth-order valence-corrected chi connectivity index (χ4v) is 2.40. The van der Waals surface area contributed by atoms with Crippen LogP contribution in [0.15, 0.2) is 34.0 Å². The first-order valence-electron chi connectivity index (χ1n) is 8.18. The molecule has 4 N–H and O–H groups in total. The molecule has 0 aliphatic heterocycles. The van der Waals surface area contributed by atoms with Gasteiger partial charge in [0.1, 0.15) is 5.75 Å². The highest BCUT2D eigenvalue weighted by atomic mass is 16.6. The minimum absolute atomic E-state index is 0.0467. The van der Waals surface area contributed by atoms with E-state index in [9.17, 15) is 9.90 Å². The van der Waals surface area contributed by atoms with Gasteiger partial charge < -0.3 is 10.8 Å². The number of hydrogen-bond acceptors (Lipinski definition) is 9. The molecule has 27 heavy (non-hydrogen) atoms. The number of phenolic OH excluding ortho intramolecular Hbond substituents is 1. The van der Waals surface area contributed by atoms with Gasteiger partial charge in [0.25, 0.3) is 5.91 Å². The maximum Gasteiger partial charge on any atom is 0.293 e. The van der Waals surface area contributed by atoms with E-state index in [1.165, 1.54) is 16.8 Å². The third-order valence-corrected chi connectivity index (χ3v) is 3.77. The number of aromatic hydroxyl groups is 1. The second-order valence-electron chi connectivity index (χ2n) is 5.70. The second-order valence-corrected chi connectivity index (χ2v) is 5.70. The van der Waals surface area contributed by atoms with E-state index in [4.69, 9.17) is 5.73 Å². The summed E-state index contributed by atoms with van der Waals surface area (Å²) in [5, 5.41) is 28.5. The molecule has 0 unspecified atom stereocenters. The number of phenols is 1. The standard InChI is InChI=1S/C16H18N8O3/c1-3-4-12-13(19-23-24(12)15-14(17)21-27-22-15)16(26)20-18-9(2)10-5-7-11(25)8-6-10/h5-8,25H,3-4H2,1-2H3,(H2,17,21)(H,20,26)/b18-9+. The average Bonchev–Trinajstić information content (AvgIpc) is 3.26. The van der Waals surface area contributed by atoms with E-state index in [0.29, 0.717) is 17.8 Å². The third-order valence-electron chi connectivity index (χ3n) is 3.77. The van der Waals surface area contributed by atoms with Gasteiger partial charge in [-0.25, -0.2) is 10.1 Å². The lowest BCUT2D eigenvalue weighted by molar-refractivity contribution is 0.0948. The fraction of sp³-hybridized carbons (Fsp3) is 0.250. The molecule has 1 aromatic carbocycles. The first-order valence-corrected chi connectivity index (χ1v) is 8.18. The molecule has 0 radical (unpaired) electrons. The summed E-state index contributed by atoms with van der Waals surface area (Å²) in [6, 6.07) is 6.47. The lowest BCUT2D eigenvalue weighted by atomic mass is 10.1. The fourth-order valence-electron chi connectivity index (χ4n) is 2.40. The maximum atomic E-state index is 12.5. The predicted octanol–water partition coefficient (Wildman–Crippen LogP) is 1.04. The molecule has 0 saturated carbocycles. The molecule has 11 nitrogen and oxygen atoms in total. The van der Waals surface area contributed by atoms with E-state index < -0.39 is 5.91 Å². The van der Waals surface area contributed by atoms with Crippen molar-refractivity contribution in [2.45, 2.75) is 26.7 Å². The molecule has 140 valence electrons. The summed E-state index contributed by atoms with van der Waals surface area (Å²) in [5.41, 5.74) is 10.1. The molecule has 0 aliphatic rings. The highest BCUT2D eigenvalue weighted by Crippen LogP contribution is 2.17. The smallest absolute Gasteiger partial charge is 0.293 e. The highest BCUT2D eigenvalue weighted by molar-refractivity contribution is 6.00. The van der Waals surface area contributed by atoms with Gasteiger partial charge in [-0.15, -0.1) is 5.10 Å². The van der Waals surface area contributed by atoms with Crippen LogP contribution in [0.3, 0.4) is 0 Å². The molecule has 0 bridgehead atoms. The third kappa shape index (κ3) is 3.76. The van der Waals surface area contributed by atoms with E-state index >= 15 is 0 Å². The Morgan fingerprint density at radius 2 is 2.07 bits per heavy atom. The number of aromatic nitrogens is 5. The van der Waals surface area contributed by atoms with Gasteiger partial charge in [0.15, 0.2) is 5.69 Å². The van der Waals surface area contributed by atoms with Gasteiger partial charge >= 0.3 is 0 Å². The normalized spacial score (nSPS) is 11.6. The number of rotatable bonds is 6. The van der Waals surface area contributed by atoms with Crippen molar-refractivity contribution in [1.29, 1.82) is 0 Å². The van der Waals surface area contributed by atoms with Crippen molar-refractivity contribution in [3.63, 3.8) is 0 Å². The van der Waals surface area contributed by atoms with Crippen molar-refractivity contribution < 1.29 is 14.5 Å². The Morgan fingerprint density at radius 1 is 1.33 bits per heavy atom. The summed E-state index contributed by atoms with van der Waals surface area (Å²) in [6.45, 7) is 3.69. The topological polar surface area (TPSA) is 157 Å². The molecular formula is C16H18N8O3. The maximum absolute atomic E-state index is 12.5. The van der Waals surface area contributed by atoms with Gasteiger partial charge in [-0.05, 0) is 53.5 Å². The summed E-state index contributed by atoms with van der Waals surface area (Å²) >= 11 is 0. The zero-order chi connectivity index (χ0) is 19.4. The van der Waals surface area contributed by atoms with E-state index in [2.05, 4.69) is 35.8 Å². The predicted molar refractivity (Wildman–Crippen MR) is 95.4 cm³/mol. The van der Waals surface area contributed by atoms with Crippen LogP contribution in [0.1, 0.15) is 42.0 Å². The van der Waals surface area contributed by atoms with Crippen LogP contribution >= 0.6 is 0 Å². The molecule has 11 heteroatoms. The van der Waals surface area contributed by atoms with Crippen LogP contribution in [0.4, 0.5) is 5.82 Å². The minimum atomic E-state index is -0.516. The molecule has 0 fully saturated rings. The minimum Gasteiger partial charge on any atom is -0.508 e. The molecule has 0 spiro atoms. The highest BCUT2D eigenvalue weighted by Gasteiger charge is 2.23. The number of amides is 1. The van der Waals surface area contributed by atoms with E-state index in [1.54, 1.807) is 19.1 Å². The van der Waals surface area contributed by atoms with Crippen LogP contribution in [0, 0.1) is 0 Å². The van der Waals surface area contributed by atoms with Crippen molar-refractivity contribution in [2.24, 2.45) is 5.10 Å². The Morgan fingerprint density at radius 3 is 2.70 bits per heavy atom. The first kappa shape index (κ1) is 18.0. The summed E-state index contributed by atoms with van der Waals surface area (Å²) in [6.07, 6.45) is 1.26. The molecule has 1 amide bonds. The Hall–Kier alpha value is -3.76. The number of carbonyl (C=O) groups is 1. The van der Waals surface area contributed by atoms with Gasteiger partial charge in [-0.1, -0.05) is 18.6 Å².